The first kappa shape index (κ1) is 20.9. The highest BCUT2D eigenvalue weighted by atomic mass is 35.5. The Kier molecular flexibility index (Phi) is 5.62. The largest absolute Gasteiger partial charge is 0.364 e. The highest BCUT2D eigenvalue weighted by molar-refractivity contribution is 6.47. The molecule has 2 amide bonds. The van der Waals surface area contributed by atoms with E-state index in [1.807, 2.05) is 44.0 Å². The molecular weight excluding hydrogens is 421 g/mol. The number of amides is 2. The molecule has 0 bridgehead atoms. The lowest BCUT2D eigenvalue weighted by Gasteiger charge is -2.34. The van der Waals surface area contributed by atoms with Crippen LogP contribution in [0.4, 0.5) is 5.69 Å². The van der Waals surface area contributed by atoms with Crippen LogP contribution >= 0.6 is 23.2 Å². The van der Waals surface area contributed by atoms with Gasteiger partial charge in [-0.3, -0.25) is 9.59 Å². The number of likely N-dealkylation sites (N-methyl/N-ethyl adjacent to an activating group) is 1. The standard InChI is InChI=1S/C23H23Cl2N3O2/c1-14-4-5-15(2)19(12-14)28-22(29)20(17-7-6-16(24)13-18(17)25)21(23(28)30)27-10-8-26(3)9-11-27/h4-7,12-13H,8-11H2,1-3H3. The highest BCUT2D eigenvalue weighted by Crippen LogP contribution is 2.39. The Bertz CT molecular complexity index is 1070. The maximum Gasteiger partial charge on any atom is 0.282 e. The molecule has 7 heteroatoms. The first-order valence-electron chi connectivity index (χ1n) is 9.87. The van der Waals surface area contributed by atoms with Gasteiger partial charge in [-0.15, -0.1) is 0 Å². The van der Waals surface area contributed by atoms with E-state index in [1.165, 1.54) is 4.90 Å². The van der Waals surface area contributed by atoms with Crippen LogP contribution in [0, 0.1) is 13.8 Å². The molecule has 1 saturated heterocycles. The Morgan fingerprint density at radius 2 is 1.57 bits per heavy atom. The van der Waals surface area contributed by atoms with Crippen LogP contribution in [0.15, 0.2) is 42.1 Å². The second-order valence-electron chi connectivity index (χ2n) is 7.87. The van der Waals surface area contributed by atoms with Crippen molar-refractivity contribution in [3.63, 3.8) is 0 Å². The van der Waals surface area contributed by atoms with E-state index < -0.39 is 0 Å². The van der Waals surface area contributed by atoms with Crippen LogP contribution < -0.4 is 4.90 Å². The lowest BCUT2D eigenvalue weighted by atomic mass is 10.0. The van der Waals surface area contributed by atoms with Gasteiger partial charge in [0, 0.05) is 36.8 Å². The van der Waals surface area contributed by atoms with E-state index in [9.17, 15) is 9.59 Å². The van der Waals surface area contributed by atoms with E-state index in [0.29, 0.717) is 45.7 Å². The zero-order valence-corrected chi connectivity index (χ0v) is 18.7. The summed E-state index contributed by atoms with van der Waals surface area (Å²) in [7, 11) is 2.05. The molecule has 0 atom stereocenters. The summed E-state index contributed by atoms with van der Waals surface area (Å²) in [6.45, 7) is 6.81. The van der Waals surface area contributed by atoms with E-state index in [4.69, 9.17) is 23.2 Å². The topological polar surface area (TPSA) is 43.9 Å². The van der Waals surface area contributed by atoms with E-state index in [-0.39, 0.29) is 11.8 Å². The van der Waals surface area contributed by atoms with Crippen LogP contribution in [-0.4, -0.2) is 54.8 Å². The van der Waals surface area contributed by atoms with Crippen LogP contribution in [-0.2, 0) is 9.59 Å². The molecule has 156 valence electrons. The second-order valence-corrected chi connectivity index (χ2v) is 8.72. The number of hydrogen-bond donors (Lipinski definition) is 0. The van der Waals surface area contributed by atoms with Gasteiger partial charge in [0.25, 0.3) is 11.8 Å². The monoisotopic (exact) mass is 443 g/mol. The summed E-state index contributed by atoms with van der Waals surface area (Å²) in [6.07, 6.45) is 0. The molecule has 1 fully saturated rings. The molecule has 0 aromatic heterocycles. The van der Waals surface area contributed by atoms with Gasteiger partial charge in [0.2, 0.25) is 0 Å². The molecule has 0 aliphatic carbocycles. The van der Waals surface area contributed by atoms with Crippen LogP contribution in [0.5, 0.6) is 0 Å². The number of hydrogen-bond acceptors (Lipinski definition) is 4. The maximum atomic E-state index is 13.7. The first-order chi connectivity index (χ1) is 14.3. The van der Waals surface area contributed by atoms with Crippen molar-refractivity contribution in [3.8, 4) is 0 Å². The van der Waals surface area contributed by atoms with Crippen molar-refractivity contribution in [2.75, 3.05) is 38.1 Å². The molecule has 2 heterocycles. The molecule has 0 radical (unpaired) electrons. The zero-order valence-electron chi connectivity index (χ0n) is 17.2. The van der Waals surface area contributed by atoms with Crippen LogP contribution in [0.3, 0.4) is 0 Å². The average molecular weight is 444 g/mol. The van der Waals surface area contributed by atoms with Gasteiger partial charge in [0.15, 0.2) is 0 Å². The van der Waals surface area contributed by atoms with Crippen molar-refractivity contribution in [3.05, 3.63) is 68.8 Å². The molecule has 2 aromatic carbocycles. The van der Waals surface area contributed by atoms with Crippen LogP contribution in [0.25, 0.3) is 5.57 Å². The zero-order chi connectivity index (χ0) is 21.6. The van der Waals surface area contributed by atoms with Gasteiger partial charge in [-0.25, -0.2) is 4.90 Å². The van der Waals surface area contributed by atoms with E-state index in [2.05, 4.69) is 4.90 Å². The van der Waals surface area contributed by atoms with E-state index in [1.54, 1.807) is 18.2 Å². The molecule has 2 aliphatic rings. The molecule has 5 nitrogen and oxygen atoms in total. The van der Waals surface area contributed by atoms with Gasteiger partial charge in [-0.05, 0) is 50.2 Å². The average Bonchev–Trinajstić information content (AvgIpc) is 2.95. The molecule has 30 heavy (non-hydrogen) atoms. The van der Waals surface area contributed by atoms with Crippen LogP contribution in [0.2, 0.25) is 10.0 Å². The predicted octanol–water partition coefficient (Wildman–Crippen LogP) is 4.14. The van der Waals surface area contributed by atoms with Gasteiger partial charge < -0.3 is 9.80 Å². The lowest BCUT2D eigenvalue weighted by Crippen LogP contribution is -2.46. The summed E-state index contributed by atoms with van der Waals surface area (Å²) < 4.78 is 0. The van der Waals surface area contributed by atoms with Gasteiger partial charge >= 0.3 is 0 Å². The summed E-state index contributed by atoms with van der Waals surface area (Å²) >= 11 is 12.5. The number of rotatable bonds is 3. The van der Waals surface area contributed by atoms with Crippen molar-refractivity contribution in [2.24, 2.45) is 0 Å². The van der Waals surface area contributed by atoms with Crippen molar-refractivity contribution >= 4 is 46.3 Å². The number of halogens is 2. The summed E-state index contributed by atoms with van der Waals surface area (Å²) in [5.41, 5.74) is 3.74. The predicted molar refractivity (Wildman–Crippen MR) is 121 cm³/mol. The van der Waals surface area contributed by atoms with Crippen molar-refractivity contribution in [1.82, 2.24) is 9.80 Å². The van der Waals surface area contributed by atoms with Crippen molar-refractivity contribution in [1.29, 1.82) is 0 Å². The Hall–Kier alpha value is -2.34. The molecule has 0 N–H and O–H groups in total. The minimum atomic E-state index is -0.355. The molecular formula is C23H23Cl2N3O2. The van der Waals surface area contributed by atoms with E-state index >= 15 is 0 Å². The molecule has 2 aromatic rings. The Morgan fingerprint density at radius 1 is 0.867 bits per heavy atom. The van der Waals surface area contributed by atoms with Gasteiger partial charge in [0.1, 0.15) is 5.70 Å². The summed E-state index contributed by atoms with van der Waals surface area (Å²) in [5, 5.41) is 0.835. The molecule has 0 spiro atoms. The van der Waals surface area contributed by atoms with Gasteiger partial charge in [-0.1, -0.05) is 41.4 Å². The molecule has 4 rings (SSSR count). The van der Waals surface area contributed by atoms with E-state index in [0.717, 1.165) is 24.2 Å². The third-order valence-electron chi connectivity index (χ3n) is 5.68. The Balaban J connectivity index is 1.87. The van der Waals surface area contributed by atoms with Crippen LogP contribution in [0.1, 0.15) is 16.7 Å². The Morgan fingerprint density at radius 3 is 2.23 bits per heavy atom. The quantitative estimate of drug-likeness (QED) is 0.668. The minimum absolute atomic E-state index is 0.306. The fourth-order valence-electron chi connectivity index (χ4n) is 3.96. The summed E-state index contributed by atoms with van der Waals surface area (Å²) in [4.78, 5) is 32.8. The number of imide groups is 1. The Labute approximate surface area is 186 Å². The SMILES string of the molecule is Cc1ccc(C)c(N2C(=O)C(c3ccc(Cl)cc3Cl)=C(N3CCN(C)CC3)C2=O)c1. The number of carbonyl (C=O) groups excluding carboxylic acids is 2. The number of aryl methyl sites for hydroxylation is 2. The second kappa shape index (κ2) is 8.06. The summed E-state index contributed by atoms with van der Waals surface area (Å²) in [5.74, 6) is -0.661. The molecule has 0 unspecified atom stereocenters. The van der Waals surface area contributed by atoms with Gasteiger partial charge in [-0.2, -0.15) is 0 Å². The minimum Gasteiger partial charge on any atom is -0.364 e. The third-order valence-corrected chi connectivity index (χ3v) is 6.23. The molecule has 0 saturated carbocycles. The smallest absolute Gasteiger partial charge is 0.282 e. The third kappa shape index (κ3) is 3.62. The number of anilines is 1. The fourth-order valence-corrected chi connectivity index (χ4v) is 4.46. The first-order valence-corrected chi connectivity index (χ1v) is 10.6. The highest BCUT2D eigenvalue weighted by Gasteiger charge is 2.44. The molecule has 2 aliphatic heterocycles. The number of benzene rings is 2. The lowest BCUT2D eigenvalue weighted by molar-refractivity contribution is -0.120. The maximum absolute atomic E-state index is 13.7. The van der Waals surface area contributed by atoms with Crippen molar-refractivity contribution < 1.29 is 9.59 Å². The fraction of sp³-hybridized carbons (Fsp3) is 0.304. The van der Waals surface area contributed by atoms with Crippen molar-refractivity contribution in [2.45, 2.75) is 13.8 Å². The number of piperazine rings is 1. The number of nitrogens with zero attached hydrogens (tertiary/aromatic N) is 3. The summed E-state index contributed by atoms with van der Waals surface area (Å²) in [6, 6.07) is 10.8. The number of carbonyl (C=O) groups is 2. The van der Waals surface area contributed by atoms with Gasteiger partial charge in [0.05, 0.1) is 16.3 Å². The normalized spacial score (nSPS) is 18.0.